The van der Waals surface area contributed by atoms with Crippen LogP contribution in [0.3, 0.4) is 0 Å². The van der Waals surface area contributed by atoms with Crippen LogP contribution in [-0.2, 0) is 31.9 Å². The van der Waals surface area contributed by atoms with Crippen LogP contribution in [0.15, 0.2) is 122 Å². The molecule has 0 aliphatic heterocycles. The SMILES string of the molecule is CC(C)(C)Cc1ccc(-c2ccnc(-c3[c-]cccc3)c2)cc1.CC1(C)c2ccccc2-c2cc(-c3[c-]cncc3)ncc21.[Ir]. The van der Waals surface area contributed by atoms with Crippen molar-refractivity contribution in [3.05, 3.63) is 151 Å². The summed E-state index contributed by atoms with van der Waals surface area (Å²) >= 11 is 0. The molecule has 227 valence electrons. The van der Waals surface area contributed by atoms with Crippen molar-refractivity contribution in [1.29, 1.82) is 0 Å². The number of hydrogen-bond donors (Lipinski definition) is 0. The Morgan fingerprint density at radius 1 is 0.667 bits per heavy atom. The second kappa shape index (κ2) is 13.4. The van der Waals surface area contributed by atoms with E-state index in [0.29, 0.717) is 5.41 Å². The third-order valence-corrected chi connectivity index (χ3v) is 8.13. The minimum atomic E-state index is 0. The van der Waals surface area contributed by atoms with E-state index in [0.717, 1.165) is 28.9 Å². The summed E-state index contributed by atoms with van der Waals surface area (Å²) in [5.41, 5.74) is 13.3. The fraction of sp³-hybridized carbons (Fsp3) is 0.195. The fourth-order valence-electron chi connectivity index (χ4n) is 5.94. The third-order valence-electron chi connectivity index (χ3n) is 8.13. The summed E-state index contributed by atoms with van der Waals surface area (Å²) in [5, 5.41) is 0. The van der Waals surface area contributed by atoms with Gasteiger partial charge in [-0.1, -0.05) is 95.3 Å². The molecule has 3 aromatic carbocycles. The van der Waals surface area contributed by atoms with Crippen molar-refractivity contribution in [3.63, 3.8) is 0 Å². The topological polar surface area (TPSA) is 38.7 Å². The smallest absolute Gasteiger partial charge is 0.0173 e. The van der Waals surface area contributed by atoms with Gasteiger partial charge in [-0.2, -0.15) is 11.6 Å². The number of nitrogens with zero attached hydrogens (tertiary/aromatic N) is 3. The number of rotatable bonds is 4. The molecule has 7 rings (SSSR count). The molecule has 6 aromatic rings. The van der Waals surface area contributed by atoms with Crippen molar-refractivity contribution in [2.45, 2.75) is 46.5 Å². The monoisotopic (exact) mass is 764 g/mol. The second-order valence-electron chi connectivity index (χ2n) is 13.1. The Kier molecular flexibility index (Phi) is 9.58. The predicted molar refractivity (Wildman–Crippen MR) is 181 cm³/mol. The minimum Gasteiger partial charge on any atom is -0.320 e. The van der Waals surface area contributed by atoms with Crippen molar-refractivity contribution in [1.82, 2.24) is 15.0 Å². The number of pyridine rings is 3. The van der Waals surface area contributed by atoms with Crippen molar-refractivity contribution < 1.29 is 20.1 Å². The minimum absolute atomic E-state index is 0. The maximum Gasteiger partial charge on any atom is 0.0173 e. The molecule has 0 N–H and O–H groups in total. The fourth-order valence-corrected chi connectivity index (χ4v) is 5.94. The Balaban J connectivity index is 0.000000174. The first-order chi connectivity index (χ1) is 21.2. The van der Waals surface area contributed by atoms with Gasteiger partial charge < -0.3 is 9.97 Å². The molecule has 0 spiro atoms. The van der Waals surface area contributed by atoms with E-state index in [4.69, 9.17) is 0 Å². The zero-order chi connectivity index (χ0) is 30.7. The van der Waals surface area contributed by atoms with E-state index in [1.54, 1.807) is 12.4 Å². The normalized spacial score (nSPS) is 12.6. The summed E-state index contributed by atoms with van der Waals surface area (Å²) in [6.45, 7) is 11.3. The van der Waals surface area contributed by atoms with E-state index in [2.05, 4.69) is 128 Å². The summed E-state index contributed by atoms with van der Waals surface area (Å²) in [4.78, 5) is 13.1. The molecule has 1 aliphatic carbocycles. The Morgan fingerprint density at radius 2 is 1.40 bits per heavy atom. The van der Waals surface area contributed by atoms with Crippen molar-refractivity contribution in [3.8, 4) is 44.8 Å². The van der Waals surface area contributed by atoms with Crippen molar-refractivity contribution in [2.75, 3.05) is 0 Å². The molecule has 45 heavy (non-hydrogen) atoms. The molecular weight excluding hydrogens is 727 g/mol. The summed E-state index contributed by atoms with van der Waals surface area (Å²) in [5.74, 6) is 0. The van der Waals surface area contributed by atoms with Crippen molar-refractivity contribution in [2.24, 2.45) is 5.41 Å². The van der Waals surface area contributed by atoms with Gasteiger partial charge in [0.1, 0.15) is 0 Å². The maximum atomic E-state index is 4.64. The van der Waals surface area contributed by atoms with E-state index in [1.807, 2.05) is 42.7 Å². The van der Waals surface area contributed by atoms with Crippen LogP contribution in [0.25, 0.3) is 44.8 Å². The van der Waals surface area contributed by atoms with Crippen LogP contribution >= 0.6 is 0 Å². The van der Waals surface area contributed by atoms with Crippen molar-refractivity contribution >= 4 is 0 Å². The summed E-state index contributed by atoms with van der Waals surface area (Å²) in [6.07, 6.45) is 8.43. The molecule has 1 aliphatic rings. The van der Waals surface area contributed by atoms with Gasteiger partial charge in [-0.15, -0.1) is 42.0 Å². The molecule has 0 atom stereocenters. The molecular formula is C41H37IrN3-2. The number of hydrogen-bond acceptors (Lipinski definition) is 3. The van der Waals surface area contributed by atoms with Crippen LogP contribution in [0.4, 0.5) is 0 Å². The van der Waals surface area contributed by atoms with Crippen LogP contribution in [0.5, 0.6) is 0 Å². The molecule has 0 bridgehead atoms. The van der Waals surface area contributed by atoms with E-state index < -0.39 is 0 Å². The van der Waals surface area contributed by atoms with E-state index >= 15 is 0 Å². The first-order valence-corrected chi connectivity index (χ1v) is 15.1. The molecule has 0 unspecified atom stereocenters. The Morgan fingerprint density at radius 3 is 2.11 bits per heavy atom. The second-order valence-corrected chi connectivity index (χ2v) is 13.1. The number of aromatic nitrogens is 3. The molecule has 0 fully saturated rings. The van der Waals surface area contributed by atoms with Crippen LogP contribution in [0.2, 0.25) is 0 Å². The van der Waals surface area contributed by atoms with Gasteiger partial charge >= 0.3 is 0 Å². The molecule has 0 amide bonds. The molecule has 0 saturated heterocycles. The Labute approximate surface area is 281 Å². The Hall–Kier alpha value is -4.24. The van der Waals surface area contributed by atoms with E-state index in [9.17, 15) is 0 Å². The van der Waals surface area contributed by atoms with Gasteiger partial charge in [0.25, 0.3) is 0 Å². The van der Waals surface area contributed by atoms with Crippen LogP contribution in [-0.4, -0.2) is 15.0 Å². The zero-order valence-electron chi connectivity index (χ0n) is 26.4. The number of fused-ring (bicyclic) bond motifs is 3. The Bertz CT molecular complexity index is 1870. The maximum absolute atomic E-state index is 4.64. The average molecular weight is 764 g/mol. The summed E-state index contributed by atoms with van der Waals surface area (Å²) in [6, 6.07) is 40.1. The molecule has 4 heteroatoms. The first kappa shape index (κ1) is 32.2. The van der Waals surface area contributed by atoms with Gasteiger partial charge in [0.15, 0.2) is 0 Å². The van der Waals surface area contributed by atoms with Crippen LogP contribution in [0, 0.1) is 17.5 Å². The summed E-state index contributed by atoms with van der Waals surface area (Å²) < 4.78 is 0. The molecule has 3 aromatic heterocycles. The van der Waals surface area contributed by atoms with Gasteiger partial charge in [0.05, 0.1) is 0 Å². The molecule has 1 radical (unpaired) electrons. The predicted octanol–water partition coefficient (Wildman–Crippen LogP) is 10.1. The van der Waals surface area contributed by atoms with Gasteiger partial charge in [0.2, 0.25) is 0 Å². The summed E-state index contributed by atoms with van der Waals surface area (Å²) in [7, 11) is 0. The van der Waals surface area contributed by atoms with Gasteiger partial charge in [-0.05, 0) is 80.6 Å². The van der Waals surface area contributed by atoms with Crippen LogP contribution in [0.1, 0.15) is 51.3 Å². The van der Waals surface area contributed by atoms with Crippen LogP contribution < -0.4 is 0 Å². The molecule has 3 nitrogen and oxygen atoms in total. The average Bonchev–Trinajstić information content (AvgIpc) is 3.28. The van der Waals surface area contributed by atoms with E-state index in [1.165, 1.54) is 38.9 Å². The molecule has 0 saturated carbocycles. The first-order valence-electron chi connectivity index (χ1n) is 15.1. The van der Waals surface area contributed by atoms with Gasteiger partial charge in [0, 0.05) is 37.9 Å². The van der Waals surface area contributed by atoms with Gasteiger partial charge in [-0.3, -0.25) is 4.98 Å². The quantitative estimate of drug-likeness (QED) is 0.168. The molecule has 3 heterocycles. The number of benzene rings is 3. The zero-order valence-corrected chi connectivity index (χ0v) is 28.8. The largest absolute Gasteiger partial charge is 0.320 e. The van der Waals surface area contributed by atoms with Gasteiger partial charge in [-0.25, -0.2) is 0 Å². The third kappa shape index (κ3) is 7.20. The standard InChI is InChI=1S/C22H22N.C19H15N2.Ir/c1-22(2,3)16-17-9-11-18(12-10-17)20-13-14-23-21(15-20)19-7-5-4-6-8-19;1-19(2)16-6-4-3-5-14(16)15-11-18(21-12-17(15)19)13-7-9-20-10-8-13;/h4-7,9-15H,16H2,1-3H3;3-7,9-12H,1-2H3;/q2*-1;. The van der Waals surface area contributed by atoms with E-state index in [-0.39, 0.29) is 25.5 Å².